The number of nitro groups is 1. The van der Waals surface area contributed by atoms with Gasteiger partial charge in [0.25, 0.3) is 0 Å². The second-order valence-corrected chi connectivity index (χ2v) is 4.21. The Labute approximate surface area is 105 Å². The fourth-order valence-corrected chi connectivity index (χ4v) is 2.08. The van der Waals surface area contributed by atoms with Crippen LogP contribution in [0.2, 0.25) is 0 Å². The van der Waals surface area contributed by atoms with Crippen LogP contribution in [0.25, 0.3) is 0 Å². The van der Waals surface area contributed by atoms with E-state index in [2.05, 4.69) is 10.3 Å². The number of hydrogen-bond donors (Lipinski definition) is 1. The quantitative estimate of drug-likeness (QED) is 0.630. The number of anilines is 1. The van der Waals surface area contributed by atoms with E-state index in [-0.39, 0.29) is 11.7 Å². The third-order valence-electron chi connectivity index (χ3n) is 3.15. The molecule has 0 spiro atoms. The summed E-state index contributed by atoms with van der Waals surface area (Å²) < 4.78 is 5.03. The standard InChI is InChI=1S/C11H16N4O3/c1-14(8-5-6-12-7-8)11-9(15(16)17)3-4-10(13-11)18-2/h3-4,8,12H,5-7H2,1-2H3. The van der Waals surface area contributed by atoms with Crippen molar-refractivity contribution in [3.05, 3.63) is 22.2 Å². The zero-order chi connectivity index (χ0) is 13.1. The lowest BCUT2D eigenvalue weighted by Crippen LogP contribution is -2.34. The molecule has 18 heavy (non-hydrogen) atoms. The Bertz CT molecular complexity index is 446. The molecule has 2 heterocycles. The summed E-state index contributed by atoms with van der Waals surface area (Å²) in [5.74, 6) is 0.737. The molecule has 2 rings (SSSR count). The minimum atomic E-state index is -0.416. The summed E-state index contributed by atoms with van der Waals surface area (Å²) in [4.78, 5) is 16.6. The second-order valence-electron chi connectivity index (χ2n) is 4.21. The maximum Gasteiger partial charge on any atom is 0.311 e. The third kappa shape index (κ3) is 2.35. The number of rotatable bonds is 4. The molecule has 1 unspecified atom stereocenters. The summed E-state index contributed by atoms with van der Waals surface area (Å²) in [5.41, 5.74) is 0.00481. The van der Waals surface area contributed by atoms with Gasteiger partial charge in [-0.1, -0.05) is 0 Å². The SMILES string of the molecule is COc1ccc([N+](=O)[O-])c(N(C)C2CCNC2)n1. The van der Waals surface area contributed by atoms with Crippen molar-refractivity contribution in [3.63, 3.8) is 0 Å². The van der Waals surface area contributed by atoms with Crippen LogP contribution in [0.4, 0.5) is 11.5 Å². The van der Waals surface area contributed by atoms with E-state index in [1.54, 1.807) is 0 Å². The summed E-state index contributed by atoms with van der Waals surface area (Å²) in [6.45, 7) is 1.74. The van der Waals surface area contributed by atoms with Crippen LogP contribution in [-0.4, -0.2) is 43.2 Å². The number of likely N-dealkylation sites (N-methyl/N-ethyl adjacent to an activating group) is 1. The number of pyridine rings is 1. The first-order valence-corrected chi connectivity index (χ1v) is 5.76. The van der Waals surface area contributed by atoms with Crippen molar-refractivity contribution in [3.8, 4) is 5.88 Å². The van der Waals surface area contributed by atoms with Crippen LogP contribution in [0.5, 0.6) is 5.88 Å². The van der Waals surface area contributed by atoms with Crippen molar-refractivity contribution < 1.29 is 9.66 Å². The largest absolute Gasteiger partial charge is 0.481 e. The highest BCUT2D eigenvalue weighted by atomic mass is 16.6. The molecule has 98 valence electrons. The molecular weight excluding hydrogens is 236 g/mol. The molecule has 0 aromatic carbocycles. The van der Waals surface area contributed by atoms with Crippen molar-refractivity contribution in [2.75, 3.05) is 32.1 Å². The van der Waals surface area contributed by atoms with Gasteiger partial charge in [-0.2, -0.15) is 4.98 Å². The molecular formula is C11H16N4O3. The molecule has 0 aliphatic carbocycles. The van der Waals surface area contributed by atoms with Gasteiger partial charge in [0.15, 0.2) is 0 Å². The molecule has 1 aliphatic rings. The first-order chi connectivity index (χ1) is 8.63. The topological polar surface area (TPSA) is 80.5 Å². The molecule has 1 aromatic heterocycles. The number of hydrogen-bond acceptors (Lipinski definition) is 6. The minimum Gasteiger partial charge on any atom is -0.481 e. The van der Waals surface area contributed by atoms with E-state index in [9.17, 15) is 10.1 Å². The zero-order valence-electron chi connectivity index (χ0n) is 10.4. The fourth-order valence-electron chi connectivity index (χ4n) is 2.08. The molecule has 0 saturated carbocycles. The van der Waals surface area contributed by atoms with Gasteiger partial charge in [-0.25, -0.2) is 0 Å². The Balaban J connectivity index is 2.35. The normalized spacial score (nSPS) is 18.7. The molecule has 1 fully saturated rings. The molecule has 1 aromatic rings. The Morgan fingerprint density at radius 2 is 2.39 bits per heavy atom. The van der Waals surface area contributed by atoms with Gasteiger partial charge in [0.1, 0.15) is 0 Å². The smallest absolute Gasteiger partial charge is 0.311 e. The van der Waals surface area contributed by atoms with Crippen molar-refractivity contribution in [1.82, 2.24) is 10.3 Å². The highest BCUT2D eigenvalue weighted by Gasteiger charge is 2.27. The summed E-state index contributed by atoms with van der Waals surface area (Å²) in [6.07, 6.45) is 0.951. The van der Waals surface area contributed by atoms with Crippen LogP contribution in [0.15, 0.2) is 12.1 Å². The Morgan fingerprint density at radius 1 is 1.61 bits per heavy atom. The summed E-state index contributed by atoms with van der Waals surface area (Å²) in [7, 11) is 3.32. The molecule has 1 N–H and O–H groups in total. The average molecular weight is 252 g/mol. The van der Waals surface area contributed by atoms with Crippen molar-refractivity contribution in [2.24, 2.45) is 0 Å². The van der Waals surface area contributed by atoms with Gasteiger partial charge in [-0.05, 0) is 13.0 Å². The Morgan fingerprint density at radius 3 is 2.94 bits per heavy atom. The maximum absolute atomic E-state index is 11.0. The lowest BCUT2D eigenvalue weighted by Gasteiger charge is -2.24. The van der Waals surface area contributed by atoms with Gasteiger partial charge in [-0.3, -0.25) is 10.1 Å². The van der Waals surface area contributed by atoms with E-state index >= 15 is 0 Å². The monoisotopic (exact) mass is 252 g/mol. The predicted octanol–water partition coefficient (Wildman–Crippen LogP) is 0.796. The molecule has 1 atom stereocenters. The number of aromatic nitrogens is 1. The van der Waals surface area contributed by atoms with E-state index in [1.807, 2.05) is 11.9 Å². The van der Waals surface area contributed by atoms with E-state index < -0.39 is 4.92 Å². The van der Waals surface area contributed by atoms with Crippen molar-refractivity contribution in [2.45, 2.75) is 12.5 Å². The Hall–Kier alpha value is -1.89. The average Bonchev–Trinajstić information content (AvgIpc) is 2.90. The molecule has 1 aliphatic heterocycles. The van der Waals surface area contributed by atoms with Gasteiger partial charge in [0.2, 0.25) is 11.7 Å². The second kappa shape index (κ2) is 5.18. The van der Waals surface area contributed by atoms with Crippen LogP contribution < -0.4 is 15.0 Å². The molecule has 0 amide bonds. The van der Waals surface area contributed by atoms with E-state index in [4.69, 9.17) is 4.74 Å². The number of nitrogens with zero attached hydrogens (tertiary/aromatic N) is 3. The van der Waals surface area contributed by atoms with E-state index in [0.717, 1.165) is 19.5 Å². The molecule has 0 radical (unpaired) electrons. The first-order valence-electron chi connectivity index (χ1n) is 5.76. The maximum atomic E-state index is 11.0. The van der Waals surface area contributed by atoms with Crippen LogP contribution in [0.1, 0.15) is 6.42 Å². The van der Waals surface area contributed by atoms with Gasteiger partial charge in [-0.15, -0.1) is 0 Å². The van der Waals surface area contributed by atoms with Crippen LogP contribution >= 0.6 is 0 Å². The summed E-state index contributed by atoms with van der Waals surface area (Å²) >= 11 is 0. The number of ether oxygens (including phenoxy) is 1. The molecule has 7 nitrogen and oxygen atoms in total. The lowest BCUT2D eigenvalue weighted by atomic mass is 10.2. The third-order valence-corrected chi connectivity index (χ3v) is 3.15. The van der Waals surface area contributed by atoms with Crippen molar-refractivity contribution >= 4 is 11.5 Å². The summed E-state index contributed by atoms with van der Waals surface area (Å²) in [5, 5.41) is 14.3. The van der Waals surface area contributed by atoms with Gasteiger partial charge < -0.3 is 15.0 Å². The zero-order valence-corrected chi connectivity index (χ0v) is 10.4. The van der Waals surface area contributed by atoms with Crippen LogP contribution in [0.3, 0.4) is 0 Å². The van der Waals surface area contributed by atoms with Crippen LogP contribution in [0, 0.1) is 10.1 Å². The molecule has 0 bridgehead atoms. The first kappa shape index (κ1) is 12.6. The van der Waals surface area contributed by atoms with E-state index in [1.165, 1.54) is 19.2 Å². The number of methoxy groups -OCH3 is 1. The fraction of sp³-hybridized carbons (Fsp3) is 0.545. The number of nitrogens with one attached hydrogen (secondary N) is 1. The van der Waals surface area contributed by atoms with Gasteiger partial charge in [0, 0.05) is 31.8 Å². The lowest BCUT2D eigenvalue weighted by molar-refractivity contribution is -0.384. The summed E-state index contributed by atoms with van der Waals surface area (Å²) in [6, 6.07) is 3.16. The van der Waals surface area contributed by atoms with Gasteiger partial charge >= 0.3 is 5.69 Å². The molecule has 1 saturated heterocycles. The minimum absolute atomic E-state index is 0.00481. The Kier molecular flexibility index (Phi) is 3.61. The highest BCUT2D eigenvalue weighted by molar-refractivity contribution is 5.59. The van der Waals surface area contributed by atoms with Crippen molar-refractivity contribution in [1.29, 1.82) is 0 Å². The highest BCUT2D eigenvalue weighted by Crippen LogP contribution is 2.29. The van der Waals surface area contributed by atoms with Gasteiger partial charge in [0.05, 0.1) is 12.0 Å². The predicted molar refractivity (Wildman–Crippen MR) is 67.1 cm³/mol. The van der Waals surface area contributed by atoms with E-state index in [0.29, 0.717) is 11.7 Å². The molecule has 7 heteroatoms. The van der Waals surface area contributed by atoms with Crippen LogP contribution in [-0.2, 0) is 0 Å².